The van der Waals surface area contributed by atoms with Crippen LogP contribution in [0.2, 0.25) is 0 Å². The second kappa shape index (κ2) is 8.03. The van der Waals surface area contributed by atoms with Crippen LogP contribution in [0.15, 0.2) is 18.2 Å². The molecule has 116 valence electrons. The molecule has 0 fully saturated rings. The van der Waals surface area contributed by atoms with Crippen LogP contribution in [0.4, 0.5) is 5.69 Å². The van der Waals surface area contributed by atoms with Crippen LogP contribution in [-0.4, -0.2) is 35.2 Å². The van der Waals surface area contributed by atoms with Crippen LogP contribution in [0, 0.1) is 13.8 Å². The standard InChI is InChI=1S/C16H23ClN2O2/c1-5-12(3)19(16(21)9-17)10-15(20)18-14-8-6-7-11(2)13(14)4/h6-8,12H,5,9-10H2,1-4H3,(H,18,20)/t12-/m0/s1. The lowest BCUT2D eigenvalue weighted by atomic mass is 10.1. The summed E-state index contributed by atoms with van der Waals surface area (Å²) >= 11 is 5.61. The number of hydrogen-bond donors (Lipinski definition) is 1. The third kappa shape index (κ3) is 4.74. The summed E-state index contributed by atoms with van der Waals surface area (Å²) in [7, 11) is 0. The average Bonchev–Trinajstić information content (AvgIpc) is 2.48. The van der Waals surface area contributed by atoms with E-state index in [0.717, 1.165) is 23.2 Å². The van der Waals surface area contributed by atoms with Gasteiger partial charge in [0.05, 0.1) is 0 Å². The first-order valence-electron chi connectivity index (χ1n) is 7.12. The number of amides is 2. The molecule has 1 N–H and O–H groups in total. The SMILES string of the molecule is CC[C@H](C)N(CC(=O)Nc1cccc(C)c1C)C(=O)CCl. The molecule has 2 amide bonds. The third-order valence-electron chi connectivity index (χ3n) is 3.75. The van der Waals surface area contributed by atoms with E-state index in [-0.39, 0.29) is 30.3 Å². The molecular formula is C16H23ClN2O2. The van der Waals surface area contributed by atoms with Crippen LogP contribution in [0.1, 0.15) is 31.4 Å². The maximum Gasteiger partial charge on any atom is 0.244 e. The van der Waals surface area contributed by atoms with Crippen molar-refractivity contribution in [2.75, 3.05) is 17.7 Å². The first-order valence-corrected chi connectivity index (χ1v) is 7.65. The zero-order valence-corrected chi connectivity index (χ0v) is 13.8. The predicted octanol–water partition coefficient (Wildman–Crippen LogP) is 3.11. The Hall–Kier alpha value is -1.55. The number of alkyl halides is 1. The molecule has 4 nitrogen and oxygen atoms in total. The lowest BCUT2D eigenvalue weighted by Gasteiger charge is -2.27. The van der Waals surface area contributed by atoms with Gasteiger partial charge < -0.3 is 10.2 Å². The van der Waals surface area contributed by atoms with E-state index in [4.69, 9.17) is 11.6 Å². The van der Waals surface area contributed by atoms with Gasteiger partial charge in [-0.2, -0.15) is 0 Å². The summed E-state index contributed by atoms with van der Waals surface area (Å²) in [6, 6.07) is 5.74. The topological polar surface area (TPSA) is 49.4 Å². The van der Waals surface area contributed by atoms with Gasteiger partial charge in [0.2, 0.25) is 11.8 Å². The Morgan fingerprint density at radius 3 is 2.57 bits per heavy atom. The molecule has 0 saturated carbocycles. The van der Waals surface area contributed by atoms with Gasteiger partial charge in [-0.1, -0.05) is 19.1 Å². The van der Waals surface area contributed by atoms with Crippen LogP contribution in [-0.2, 0) is 9.59 Å². The third-order valence-corrected chi connectivity index (χ3v) is 3.98. The molecule has 0 aromatic heterocycles. The lowest BCUT2D eigenvalue weighted by molar-refractivity contribution is -0.134. The molecule has 0 aliphatic rings. The number of benzene rings is 1. The van der Waals surface area contributed by atoms with Crippen molar-refractivity contribution < 1.29 is 9.59 Å². The number of carbonyl (C=O) groups is 2. The highest BCUT2D eigenvalue weighted by Crippen LogP contribution is 2.18. The normalized spacial score (nSPS) is 11.9. The van der Waals surface area contributed by atoms with E-state index in [0.29, 0.717) is 0 Å². The molecule has 0 aliphatic carbocycles. The van der Waals surface area contributed by atoms with Crippen molar-refractivity contribution in [3.05, 3.63) is 29.3 Å². The number of carbonyl (C=O) groups excluding carboxylic acids is 2. The van der Waals surface area contributed by atoms with E-state index < -0.39 is 0 Å². The summed E-state index contributed by atoms with van der Waals surface area (Å²) in [5, 5.41) is 2.86. The maximum atomic E-state index is 12.2. The number of nitrogens with one attached hydrogen (secondary N) is 1. The predicted molar refractivity (Wildman–Crippen MR) is 86.7 cm³/mol. The zero-order valence-electron chi connectivity index (χ0n) is 13.1. The highest BCUT2D eigenvalue weighted by atomic mass is 35.5. The van der Waals surface area contributed by atoms with Crippen molar-refractivity contribution in [2.45, 2.75) is 40.2 Å². The number of nitrogens with zero attached hydrogens (tertiary/aromatic N) is 1. The molecule has 0 unspecified atom stereocenters. The van der Waals surface area contributed by atoms with Gasteiger partial charge in [0, 0.05) is 11.7 Å². The minimum Gasteiger partial charge on any atom is -0.330 e. The van der Waals surface area contributed by atoms with E-state index in [2.05, 4.69) is 5.32 Å². The number of halogens is 1. The minimum atomic E-state index is -0.220. The van der Waals surface area contributed by atoms with Gasteiger partial charge in [0.15, 0.2) is 0 Å². The summed E-state index contributed by atoms with van der Waals surface area (Å²) in [6.45, 7) is 7.86. The van der Waals surface area contributed by atoms with Gasteiger partial charge in [0.25, 0.3) is 0 Å². The number of anilines is 1. The quantitative estimate of drug-likeness (QED) is 0.821. The van der Waals surface area contributed by atoms with Crippen LogP contribution >= 0.6 is 11.6 Å². The van der Waals surface area contributed by atoms with Crippen molar-refractivity contribution in [2.24, 2.45) is 0 Å². The van der Waals surface area contributed by atoms with E-state index in [9.17, 15) is 9.59 Å². The highest BCUT2D eigenvalue weighted by Gasteiger charge is 2.21. The first kappa shape index (κ1) is 17.5. The maximum absolute atomic E-state index is 12.2. The van der Waals surface area contributed by atoms with Crippen molar-refractivity contribution in [1.29, 1.82) is 0 Å². The lowest BCUT2D eigenvalue weighted by Crippen LogP contribution is -2.44. The van der Waals surface area contributed by atoms with E-state index in [1.165, 1.54) is 4.90 Å². The largest absolute Gasteiger partial charge is 0.330 e. The summed E-state index contributed by atoms with van der Waals surface area (Å²) in [6.07, 6.45) is 0.777. The average molecular weight is 311 g/mol. The van der Waals surface area contributed by atoms with Crippen LogP contribution in [0.5, 0.6) is 0 Å². The van der Waals surface area contributed by atoms with Gasteiger partial charge in [-0.3, -0.25) is 9.59 Å². The van der Waals surface area contributed by atoms with Crippen molar-refractivity contribution in [3.63, 3.8) is 0 Å². The van der Waals surface area contributed by atoms with Crippen LogP contribution < -0.4 is 5.32 Å². The first-order chi connectivity index (χ1) is 9.90. The summed E-state index contributed by atoms with van der Waals surface area (Å²) in [5.74, 6) is -0.536. The number of aryl methyl sites for hydroxylation is 1. The Bertz CT molecular complexity index is 517. The Balaban J connectivity index is 2.78. The molecule has 0 heterocycles. The fourth-order valence-corrected chi connectivity index (χ4v) is 2.17. The van der Waals surface area contributed by atoms with Crippen LogP contribution in [0.25, 0.3) is 0 Å². The Labute approximate surface area is 131 Å². The molecule has 21 heavy (non-hydrogen) atoms. The van der Waals surface area contributed by atoms with Gasteiger partial charge >= 0.3 is 0 Å². The van der Waals surface area contributed by atoms with E-state index in [1.54, 1.807) is 0 Å². The molecule has 0 bridgehead atoms. The van der Waals surface area contributed by atoms with E-state index >= 15 is 0 Å². The molecular weight excluding hydrogens is 288 g/mol. The highest BCUT2D eigenvalue weighted by molar-refractivity contribution is 6.27. The fourth-order valence-electron chi connectivity index (χ4n) is 2.02. The summed E-state index contributed by atoms with van der Waals surface area (Å²) < 4.78 is 0. The molecule has 5 heteroatoms. The fraction of sp³-hybridized carbons (Fsp3) is 0.500. The molecule has 0 aliphatic heterocycles. The monoisotopic (exact) mass is 310 g/mol. The number of hydrogen-bond acceptors (Lipinski definition) is 2. The van der Waals surface area contributed by atoms with Gasteiger partial charge in [-0.25, -0.2) is 0 Å². The van der Waals surface area contributed by atoms with Crippen molar-refractivity contribution in [3.8, 4) is 0 Å². The number of rotatable bonds is 6. The Morgan fingerprint density at radius 2 is 2.00 bits per heavy atom. The van der Waals surface area contributed by atoms with Crippen LogP contribution in [0.3, 0.4) is 0 Å². The van der Waals surface area contributed by atoms with E-state index in [1.807, 2.05) is 45.9 Å². The molecule has 0 radical (unpaired) electrons. The molecule has 0 spiro atoms. The second-order valence-corrected chi connectivity index (χ2v) is 5.48. The molecule has 0 saturated heterocycles. The zero-order chi connectivity index (χ0) is 16.0. The molecule has 1 aromatic rings. The van der Waals surface area contributed by atoms with Crippen molar-refractivity contribution >= 4 is 29.1 Å². The van der Waals surface area contributed by atoms with Crippen molar-refractivity contribution in [1.82, 2.24) is 4.90 Å². The van der Waals surface area contributed by atoms with Gasteiger partial charge in [-0.05, 0) is 44.4 Å². The van der Waals surface area contributed by atoms with Gasteiger partial charge in [0.1, 0.15) is 12.4 Å². The molecule has 1 atom stereocenters. The minimum absolute atomic E-state index is 0.0133. The summed E-state index contributed by atoms with van der Waals surface area (Å²) in [4.78, 5) is 25.5. The molecule has 1 aromatic carbocycles. The smallest absolute Gasteiger partial charge is 0.244 e. The summed E-state index contributed by atoms with van der Waals surface area (Å²) in [5.41, 5.74) is 2.93. The Morgan fingerprint density at radius 1 is 1.33 bits per heavy atom. The van der Waals surface area contributed by atoms with Gasteiger partial charge in [-0.15, -0.1) is 11.6 Å². The second-order valence-electron chi connectivity index (χ2n) is 5.21. The molecule has 1 rings (SSSR count). The Kier molecular flexibility index (Phi) is 6.69.